The summed E-state index contributed by atoms with van der Waals surface area (Å²) < 4.78 is 7.20. The first-order valence-corrected chi connectivity index (χ1v) is 23.6. The second-order valence-corrected chi connectivity index (χ2v) is 18.2. The zero-order chi connectivity index (χ0) is 45.2. The van der Waals surface area contributed by atoms with Gasteiger partial charge in [0.25, 0.3) is 0 Å². The van der Waals surface area contributed by atoms with Crippen LogP contribution in [0.5, 0.6) is 0 Å². The number of aromatic nitrogens is 5. The maximum absolute atomic E-state index is 5.36. The largest absolute Gasteiger partial charge is 0.309 e. The number of rotatable bonds is 5. The molecule has 0 aliphatic carbocycles. The third kappa shape index (κ3) is 5.65. The van der Waals surface area contributed by atoms with E-state index < -0.39 is 0 Å². The second-order valence-electron chi connectivity index (χ2n) is 18.2. The predicted molar refractivity (Wildman–Crippen MR) is 288 cm³/mol. The monoisotopic (exact) mass is 877 g/mol. The van der Waals surface area contributed by atoms with Crippen LogP contribution < -0.4 is 0 Å². The fourth-order valence-electron chi connectivity index (χ4n) is 11.3. The van der Waals surface area contributed by atoms with Crippen LogP contribution in [0, 0.1) is 0 Å². The van der Waals surface area contributed by atoms with E-state index >= 15 is 0 Å². The SMILES string of the molecule is c1ccc(-n2c3ccccc3c3ccc(-c4nc5ccccc5nc4-c4ccc(-n5c6ccccc6c6cc7ccc(-n8c9ccccc9c9c%10ccccc%10ccc98)cc7cc65)cc4)cc32)cc1. The molecular formula is C64H39N5. The Morgan fingerprint density at radius 1 is 0.246 bits per heavy atom. The molecule has 0 N–H and O–H groups in total. The van der Waals surface area contributed by atoms with Gasteiger partial charge in [-0.1, -0.05) is 146 Å². The summed E-state index contributed by atoms with van der Waals surface area (Å²) in [5.41, 5.74) is 15.8. The molecule has 0 saturated heterocycles. The van der Waals surface area contributed by atoms with Gasteiger partial charge in [-0.3, -0.25) is 0 Å². The van der Waals surface area contributed by atoms with Crippen molar-refractivity contribution in [3.8, 4) is 39.6 Å². The molecule has 0 spiro atoms. The average molecular weight is 878 g/mol. The van der Waals surface area contributed by atoms with Crippen molar-refractivity contribution in [2.75, 3.05) is 0 Å². The first-order valence-electron chi connectivity index (χ1n) is 23.6. The van der Waals surface area contributed by atoms with Crippen LogP contribution in [0.4, 0.5) is 0 Å². The van der Waals surface area contributed by atoms with Crippen molar-refractivity contribution in [1.82, 2.24) is 23.7 Å². The number of para-hydroxylation sites is 6. The molecule has 0 bridgehead atoms. The van der Waals surface area contributed by atoms with Crippen molar-refractivity contribution in [3.63, 3.8) is 0 Å². The van der Waals surface area contributed by atoms with E-state index in [9.17, 15) is 0 Å². The minimum Gasteiger partial charge on any atom is -0.309 e. The molecule has 4 heterocycles. The minimum atomic E-state index is 0.848. The van der Waals surface area contributed by atoms with E-state index in [1.807, 2.05) is 12.1 Å². The van der Waals surface area contributed by atoms with Gasteiger partial charge in [0.05, 0.1) is 55.5 Å². The van der Waals surface area contributed by atoms with Crippen molar-refractivity contribution in [1.29, 1.82) is 0 Å². The van der Waals surface area contributed by atoms with Crippen molar-refractivity contribution < 1.29 is 0 Å². The van der Waals surface area contributed by atoms with E-state index in [0.29, 0.717) is 0 Å². The zero-order valence-electron chi connectivity index (χ0n) is 37.3. The van der Waals surface area contributed by atoms with Gasteiger partial charge in [0, 0.05) is 60.5 Å². The molecule has 11 aromatic carbocycles. The highest BCUT2D eigenvalue weighted by Crippen LogP contribution is 2.41. The summed E-state index contributed by atoms with van der Waals surface area (Å²) in [4.78, 5) is 10.7. The minimum absolute atomic E-state index is 0.848. The fourth-order valence-corrected chi connectivity index (χ4v) is 11.3. The van der Waals surface area contributed by atoms with Gasteiger partial charge in [-0.05, 0) is 113 Å². The van der Waals surface area contributed by atoms with E-state index in [2.05, 4.69) is 238 Å². The van der Waals surface area contributed by atoms with Crippen molar-refractivity contribution in [2.45, 2.75) is 0 Å². The maximum Gasteiger partial charge on any atom is 0.0973 e. The molecule has 5 heteroatoms. The Morgan fingerprint density at radius 3 is 1.49 bits per heavy atom. The molecule has 320 valence electrons. The lowest BCUT2D eigenvalue weighted by Gasteiger charge is -2.14. The molecule has 0 atom stereocenters. The molecule has 0 saturated carbocycles. The van der Waals surface area contributed by atoms with E-state index in [-0.39, 0.29) is 0 Å². The zero-order valence-corrected chi connectivity index (χ0v) is 37.3. The molecular weight excluding hydrogens is 839 g/mol. The van der Waals surface area contributed by atoms with Crippen LogP contribution in [0.1, 0.15) is 0 Å². The number of hydrogen-bond donors (Lipinski definition) is 0. The lowest BCUT2D eigenvalue weighted by atomic mass is 10.0. The van der Waals surface area contributed by atoms with Crippen molar-refractivity contribution in [2.24, 2.45) is 0 Å². The number of benzene rings is 11. The highest BCUT2D eigenvalue weighted by Gasteiger charge is 2.20. The maximum atomic E-state index is 5.36. The number of hydrogen-bond acceptors (Lipinski definition) is 2. The molecule has 69 heavy (non-hydrogen) atoms. The van der Waals surface area contributed by atoms with Gasteiger partial charge < -0.3 is 13.7 Å². The Bertz CT molecular complexity index is 4590. The molecule has 15 aromatic rings. The van der Waals surface area contributed by atoms with Crippen LogP contribution in [0.25, 0.3) is 138 Å². The van der Waals surface area contributed by atoms with Crippen LogP contribution in [-0.4, -0.2) is 23.7 Å². The summed E-state index contributed by atoms with van der Waals surface area (Å²) in [5.74, 6) is 0. The first-order chi connectivity index (χ1) is 34.2. The normalized spacial score (nSPS) is 12.1. The molecule has 0 unspecified atom stereocenters. The van der Waals surface area contributed by atoms with Gasteiger partial charge >= 0.3 is 0 Å². The van der Waals surface area contributed by atoms with Gasteiger partial charge in [-0.25, -0.2) is 9.97 Å². The van der Waals surface area contributed by atoms with Crippen molar-refractivity contribution >= 4 is 98.0 Å². The third-order valence-electron chi connectivity index (χ3n) is 14.4. The molecule has 4 aromatic heterocycles. The molecule has 0 amide bonds. The summed E-state index contributed by atoms with van der Waals surface area (Å²) in [6, 6.07) is 85.6. The van der Waals surface area contributed by atoms with Crippen LogP contribution in [0.2, 0.25) is 0 Å². The summed E-state index contributed by atoms with van der Waals surface area (Å²) in [7, 11) is 0. The molecule has 0 aliphatic heterocycles. The van der Waals surface area contributed by atoms with Crippen LogP contribution in [0.3, 0.4) is 0 Å². The molecule has 0 fully saturated rings. The summed E-state index contributed by atoms with van der Waals surface area (Å²) in [6.45, 7) is 0. The van der Waals surface area contributed by atoms with Gasteiger partial charge in [0.1, 0.15) is 0 Å². The molecule has 15 rings (SSSR count). The average Bonchev–Trinajstić information content (AvgIpc) is 4.05. The van der Waals surface area contributed by atoms with Gasteiger partial charge in [-0.2, -0.15) is 0 Å². The Morgan fingerprint density at radius 2 is 0.754 bits per heavy atom. The van der Waals surface area contributed by atoms with Crippen molar-refractivity contribution in [3.05, 3.63) is 237 Å². The number of nitrogens with zero attached hydrogens (tertiary/aromatic N) is 5. The Balaban J connectivity index is 0.889. The number of fused-ring (bicyclic) bond motifs is 13. The van der Waals surface area contributed by atoms with E-state index in [0.717, 1.165) is 61.6 Å². The summed E-state index contributed by atoms with van der Waals surface area (Å²) >= 11 is 0. The standard InChI is InChI=1S/C64H39N5/c1-2-15-45(16-3-1)67-56-23-11-6-18-49(56)51-34-29-43(38-60(51)67)64-63(65-54-21-9-10-22-55(54)66-64)41-26-31-46(32-27-41)68-57-24-12-7-19-50(57)53-37-42-28-33-47(36-44(42)39-61(53)68)69-58-25-13-8-20-52(58)62-48-17-5-4-14-40(48)30-35-59(62)69/h1-39H. The lowest BCUT2D eigenvalue weighted by Crippen LogP contribution is -1.98. The van der Waals surface area contributed by atoms with Crippen LogP contribution in [-0.2, 0) is 0 Å². The van der Waals surface area contributed by atoms with Crippen LogP contribution in [0.15, 0.2) is 237 Å². The Kier molecular flexibility index (Phi) is 8.00. The van der Waals surface area contributed by atoms with E-state index in [1.165, 1.54) is 75.9 Å². The molecule has 0 radical (unpaired) electrons. The quantitative estimate of drug-likeness (QED) is 0.173. The van der Waals surface area contributed by atoms with E-state index in [4.69, 9.17) is 9.97 Å². The Hall–Kier alpha value is -9.32. The smallest absolute Gasteiger partial charge is 0.0973 e. The highest BCUT2D eigenvalue weighted by atomic mass is 15.0. The lowest BCUT2D eigenvalue weighted by molar-refractivity contribution is 1.18. The third-order valence-corrected chi connectivity index (χ3v) is 14.4. The van der Waals surface area contributed by atoms with Gasteiger partial charge in [0.15, 0.2) is 0 Å². The summed E-state index contributed by atoms with van der Waals surface area (Å²) in [5, 5.41) is 12.3. The second kappa shape index (κ2) is 14.6. The topological polar surface area (TPSA) is 40.6 Å². The van der Waals surface area contributed by atoms with Gasteiger partial charge in [-0.15, -0.1) is 0 Å². The summed E-state index contributed by atoms with van der Waals surface area (Å²) in [6.07, 6.45) is 0. The van der Waals surface area contributed by atoms with Crippen LogP contribution >= 0.6 is 0 Å². The molecule has 0 aliphatic rings. The molecule has 5 nitrogen and oxygen atoms in total. The Labute approximate surface area is 396 Å². The first kappa shape index (κ1) is 37.9. The van der Waals surface area contributed by atoms with E-state index in [1.54, 1.807) is 0 Å². The van der Waals surface area contributed by atoms with Gasteiger partial charge in [0.2, 0.25) is 0 Å². The highest BCUT2D eigenvalue weighted by molar-refractivity contribution is 6.21. The predicted octanol–water partition coefficient (Wildman–Crippen LogP) is 16.6. The fraction of sp³-hybridized carbons (Fsp3) is 0.